The quantitative estimate of drug-likeness (QED) is 0.650. The van der Waals surface area contributed by atoms with Crippen molar-refractivity contribution in [2.45, 2.75) is 63.6 Å². The fraction of sp³-hybridized carbons (Fsp3) is 0.500. The molecule has 1 amide bonds. The van der Waals surface area contributed by atoms with E-state index in [0.29, 0.717) is 25.4 Å². The van der Waals surface area contributed by atoms with Gasteiger partial charge >= 0.3 is 0 Å². The molecule has 2 heterocycles. The Morgan fingerprint density at radius 3 is 2.93 bits per heavy atom. The van der Waals surface area contributed by atoms with Gasteiger partial charge in [-0.05, 0) is 55.9 Å². The summed E-state index contributed by atoms with van der Waals surface area (Å²) in [4.78, 5) is 27.7. The Morgan fingerprint density at radius 2 is 2.21 bits per heavy atom. The summed E-state index contributed by atoms with van der Waals surface area (Å²) >= 11 is 0. The number of piperidine rings is 1. The predicted molar refractivity (Wildman–Crippen MR) is 117 cm³/mol. The van der Waals surface area contributed by atoms with Crippen molar-refractivity contribution in [2.24, 2.45) is 0 Å². The van der Waals surface area contributed by atoms with Crippen LogP contribution in [0.4, 0.5) is 0 Å². The number of amides is 1. The maximum Gasteiger partial charge on any atom is 0.242 e. The highest BCUT2D eigenvalue weighted by Gasteiger charge is 2.32. The van der Waals surface area contributed by atoms with Gasteiger partial charge in [-0.15, -0.1) is 0 Å². The number of fused-ring (bicyclic) bond motifs is 1. The van der Waals surface area contributed by atoms with Gasteiger partial charge in [0, 0.05) is 43.9 Å². The third-order valence-electron chi connectivity index (χ3n) is 6.32. The van der Waals surface area contributed by atoms with Crippen molar-refractivity contribution < 1.29 is 9.59 Å². The van der Waals surface area contributed by atoms with Gasteiger partial charge in [0.1, 0.15) is 12.3 Å². The molecule has 1 N–H and O–H groups in total. The Kier molecular flexibility index (Phi) is 7.13. The Labute approximate surface area is 174 Å². The monoisotopic (exact) mass is 395 g/mol. The molecule has 0 radical (unpaired) electrons. The van der Waals surface area contributed by atoms with Crippen LogP contribution in [0.1, 0.15) is 55.2 Å². The molecule has 1 fully saturated rings. The number of carbonyl (C=O) groups is 2. The first-order valence-electron chi connectivity index (χ1n) is 10.7. The van der Waals surface area contributed by atoms with Crippen LogP contribution in [0.15, 0.2) is 37.6 Å². The van der Waals surface area contributed by atoms with Gasteiger partial charge in [0.2, 0.25) is 5.91 Å². The molecular weight excluding hydrogens is 362 g/mol. The molecule has 1 aromatic carbocycles. The SMILES string of the molecule is C=CN1CCCCC1CCc1ccc2c(c1)CN(C(CCC=O)C(=O)NC)C2=C. The molecule has 0 spiro atoms. The molecule has 0 saturated carbocycles. The molecule has 29 heavy (non-hydrogen) atoms. The molecule has 2 unspecified atom stereocenters. The molecule has 1 saturated heterocycles. The zero-order chi connectivity index (χ0) is 20.8. The summed E-state index contributed by atoms with van der Waals surface area (Å²) in [5.41, 5.74) is 4.53. The normalized spacial score (nSPS) is 19.6. The van der Waals surface area contributed by atoms with Crippen molar-refractivity contribution in [1.82, 2.24) is 15.1 Å². The average Bonchev–Trinajstić information content (AvgIpc) is 3.08. The lowest BCUT2D eigenvalue weighted by Crippen LogP contribution is -2.42. The molecule has 2 aliphatic rings. The maximum absolute atomic E-state index is 12.4. The van der Waals surface area contributed by atoms with Crippen LogP contribution in [0.3, 0.4) is 0 Å². The number of hydrogen-bond acceptors (Lipinski definition) is 4. The van der Waals surface area contributed by atoms with Gasteiger partial charge in [-0.3, -0.25) is 4.79 Å². The van der Waals surface area contributed by atoms with E-state index in [0.717, 1.165) is 36.9 Å². The van der Waals surface area contributed by atoms with Gasteiger partial charge in [0.15, 0.2) is 0 Å². The largest absolute Gasteiger partial charge is 0.375 e. The number of likely N-dealkylation sites (tertiary alicyclic amines) is 1. The van der Waals surface area contributed by atoms with Crippen LogP contribution in [0.5, 0.6) is 0 Å². The first kappa shape index (κ1) is 21.2. The highest BCUT2D eigenvalue weighted by molar-refractivity contribution is 5.84. The lowest BCUT2D eigenvalue weighted by molar-refractivity contribution is -0.125. The van der Waals surface area contributed by atoms with E-state index in [-0.39, 0.29) is 11.9 Å². The number of benzene rings is 1. The molecule has 5 nitrogen and oxygen atoms in total. The van der Waals surface area contributed by atoms with Crippen LogP contribution in [0.2, 0.25) is 0 Å². The van der Waals surface area contributed by atoms with Crippen molar-refractivity contribution in [3.8, 4) is 0 Å². The number of nitrogens with zero attached hydrogens (tertiary/aromatic N) is 2. The zero-order valence-electron chi connectivity index (χ0n) is 17.5. The smallest absolute Gasteiger partial charge is 0.242 e. The third kappa shape index (κ3) is 4.72. The molecule has 0 aromatic heterocycles. The Morgan fingerprint density at radius 1 is 1.38 bits per heavy atom. The fourth-order valence-electron chi connectivity index (χ4n) is 4.67. The topological polar surface area (TPSA) is 52.7 Å². The van der Waals surface area contributed by atoms with Gasteiger partial charge in [-0.25, -0.2) is 0 Å². The number of likely N-dealkylation sites (N-methyl/N-ethyl adjacent to an activating group) is 1. The van der Waals surface area contributed by atoms with Gasteiger partial charge in [0.05, 0.1) is 0 Å². The summed E-state index contributed by atoms with van der Waals surface area (Å²) in [6.07, 6.45) is 9.71. The second-order valence-corrected chi connectivity index (χ2v) is 8.05. The van der Waals surface area contributed by atoms with E-state index in [9.17, 15) is 9.59 Å². The van der Waals surface area contributed by atoms with E-state index < -0.39 is 0 Å². The van der Waals surface area contributed by atoms with Crippen LogP contribution in [0, 0.1) is 0 Å². The second-order valence-electron chi connectivity index (χ2n) is 8.05. The minimum absolute atomic E-state index is 0.0668. The maximum atomic E-state index is 12.4. The van der Waals surface area contributed by atoms with Gasteiger partial charge in [-0.2, -0.15) is 0 Å². The molecule has 0 aliphatic carbocycles. The van der Waals surface area contributed by atoms with Crippen molar-refractivity contribution in [3.63, 3.8) is 0 Å². The lowest BCUT2D eigenvalue weighted by atomic mass is 9.95. The summed E-state index contributed by atoms with van der Waals surface area (Å²) in [6, 6.07) is 6.82. The lowest BCUT2D eigenvalue weighted by Gasteiger charge is -2.34. The first-order chi connectivity index (χ1) is 14.1. The van der Waals surface area contributed by atoms with Crippen molar-refractivity contribution in [3.05, 3.63) is 54.2 Å². The Bertz CT molecular complexity index is 773. The van der Waals surface area contributed by atoms with E-state index in [1.807, 2.05) is 11.1 Å². The molecule has 2 aliphatic heterocycles. The molecular formula is C24H33N3O2. The summed E-state index contributed by atoms with van der Waals surface area (Å²) in [5.74, 6) is -0.0668. The summed E-state index contributed by atoms with van der Waals surface area (Å²) in [5, 5.41) is 2.73. The highest BCUT2D eigenvalue weighted by atomic mass is 16.2. The summed E-state index contributed by atoms with van der Waals surface area (Å²) in [6.45, 7) is 9.99. The van der Waals surface area contributed by atoms with Gasteiger partial charge in [0.25, 0.3) is 0 Å². The first-order valence-corrected chi connectivity index (χ1v) is 10.7. The van der Waals surface area contributed by atoms with E-state index in [1.165, 1.54) is 30.4 Å². The van der Waals surface area contributed by atoms with Gasteiger partial charge < -0.3 is 19.9 Å². The number of aldehydes is 1. The van der Waals surface area contributed by atoms with Crippen LogP contribution in [-0.4, -0.2) is 47.7 Å². The van der Waals surface area contributed by atoms with E-state index in [1.54, 1.807) is 7.05 Å². The molecule has 2 atom stereocenters. The van der Waals surface area contributed by atoms with Crippen LogP contribution in [-0.2, 0) is 22.6 Å². The van der Waals surface area contributed by atoms with E-state index in [4.69, 9.17) is 0 Å². The van der Waals surface area contributed by atoms with Crippen molar-refractivity contribution in [2.75, 3.05) is 13.6 Å². The molecule has 1 aromatic rings. The van der Waals surface area contributed by atoms with E-state index >= 15 is 0 Å². The number of rotatable bonds is 9. The van der Waals surface area contributed by atoms with Crippen LogP contribution >= 0.6 is 0 Å². The number of aryl methyl sites for hydroxylation is 1. The summed E-state index contributed by atoms with van der Waals surface area (Å²) in [7, 11) is 1.64. The predicted octanol–water partition coefficient (Wildman–Crippen LogP) is 3.50. The average molecular weight is 396 g/mol. The standard InChI is InChI=1S/C24H33N3O2/c1-4-26-14-6-5-8-21(26)12-10-19-11-13-22-18(2)27(17-20(22)16-19)23(9-7-15-28)24(29)25-3/h4,11,13,15-16,21,23H,1-2,5-10,12,14,17H2,3H3,(H,25,29). The third-order valence-corrected chi connectivity index (χ3v) is 6.32. The molecule has 156 valence electrons. The fourth-order valence-corrected chi connectivity index (χ4v) is 4.67. The molecule has 5 heteroatoms. The molecule has 3 rings (SSSR count). The van der Waals surface area contributed by atoms with E-state index in [2.05, 4.69) is 41.6 Å². The van der Waals surface area contributed by atoms with Gasteiger partial charge in [-0.1, -0.05) is 31.4 Å². The van der Waals surface area contributed by atoms with Crippen LogP contribution < -0.4 is 5.32 Å². The minimum atomic E-state index is -0.364. The second kappa shape index (κ2) is 9.77. The van der Waals surface area contributed by atoms with Crippen molar-refractivity contribution >= 4 is 17.9 Å². The Balaban J connectivity index is 1.69. The number of nitrogens with one attached hydrogen (secondary N) is 1. The summed E-state index contributed by atoms with van der Waals surface area (Å²) < 4.78 is 0. The molecule has 0 bridgehead atoms. The van der Waals surface area contributed by atoms with Crippen molar-refractivity contribution in [1.29, 1.82) is 0 Å². The number of carbonyl (C=O) groups excluding carboxylic acids is 2. The highest BCUT2D eigenvalue weighted by Crippen LogP contribution is 2.35. The zero-order valence-corrected chi connectivity index (χ0v) is 17.5. The minimum Gasteiger partial charge on any atom is -0.375 e. The van der Waals surface area contributed by atoms with Crippen LogP contribution in [0.25, 0.3) is 5.70 Å². The Hall–Kier alpha value is -2.56. The number of hydrogen-bond donors (Lipinski definition) is 1.